The Morgan fingerprint density at radius 3 is 2.79 bits per heavy atom. The van der Waals surface area contributed by atoms with Crippen molar-refractivity contribution in [3.8, 4) is 11.1 Å². The van der Waals surface area contributed by atoms with Gasteiger partial charge in [0.2, 0.25) is 0 Å². The van der Waals surface area contributed by atoms with Gasteiger partial charge in [-0.15, -0.1) is 0 Å². The molecule has 1 aromatic carbocycles. The van der Waals surface area contributed by atoms with Crippen LogP contribution < -0.4 is 5.73 Å². The standard InChI is InChI=1S/C19H14N4O/c1-21-16-4-5-17-15(16)7-12(9-22-17)11-2-3-13-14(6-11)18(8-20)23-10-19(13)24/h2-4,6-7,9H,5,8,10,20H2. The third kappa shape index (κ3) is 2.16. The van der Waals surface area contributed by atoms with Crippen molar-refractivity contribution >= 4 is 17.2 Å². The number of hydrogen-bond acceptors (Lipinski definition) is 4. The number of ketones is 1. The zero-order valence-electron chi connectivity index (χ0n) is 12.9. The molecule has 0 fully saturated rings. The third-order valence-corrected chi connectivity index (χ3v) is 4.43. The molecule has 116 valence electrons. The highest BCUT2D eigenvalue weighted by Gasteiger charge is 2.21. The van der Waals surface area contributed by atoms with Crippen LogP contribution in [0.4, 0.5) is 0 Å². The van der Waals surface area contributed by atoms with Gasteiger partial charge in [0.15, 0.2) is 11.5 Å². The Morgan fingerprint density at radius 1 is 1.17 bits per heavy atom. The molecule has 5 heteroatoms. The van der Waals surface area contributed by atoms with Gasteiger partial charge in [-0.25, -0.2) is 4.85 Å². The van der Waals surface area contributed by atoms with Gasteiger partial charge < -0.3 is 5.73 Å². The van der Waals surface area contributed by atoms with Crippen molar-refractivity contribution in [3.05, 3.63) is 70.3 Å². The third-order valence-electron chi connectivity index (χ3n) is 4.43. The first-order chi connectivity index (χ1) is 11.7. The lowest BCUT2D eigenvalue weighted by Gasteiger charge is -2.16. The number of nitrogens with two attached hydrogens (primary N) is 1. The van der Waals surface area contributed by atoms with Crippen LogP contribution in [0, 0.1) is 6.57 Å². The SMILES string of the molecule is [C-]#[N+]C1=CCc2ncc(-c3ccc4c(c3)C(CN)=NCC4=O)cc21. The van der Waals surface area contributed by atoms with E-state index in [1.165, 1.54) is 0 Å². The number of carbonyl (C=O) groups is 1. The number of benzene rings is 1. The quantitative estimate of drug-likeness (QED) is 0.866. The van der Waals surface area contributed by atoms with Crippen LogP contribution in [0.2, 0.25) is 0 Å². The highest BCUT2D eigenvalue weighted by atomic mass is 16.1. The van der Waals surface area contributed by atoms with Crippen molar-refractivity contribution in [3.63, 3.8) is 0 Å². The molecule has 0 amide bonds. The lowest BCUT2D eigenvalue weighted by atomic mass is 9.92. The summed E-state index contributed by atoms with van der Waals surface area (Å²) in [5, 5.41) is 0. The highest BCUT2D eigenvalue weighted by Crippen LogP contribution is 2.32. The molecule has 0 atom stereocenters. The summed E-state index contributed by atoms with van der Waals surface area (Å²) in [6.07, 6.45) is 4.42. The van der Waals surface area contributed by atoms with E-state index in [1.54, 1.807) is 0 Å². The van der Waals surface area contributed by atoms with Crippen LogP contribution in [0.15, 0.2) is 41.5 Å². The predicted molar refractivity (Wildman–Crippen MR) is 92.7 cm³/mol. The van der Waals surface area contributed by atoms with Gasteiger partial charge in [-0.1, -0.05) is 24.3 Å². The number of carbonyl (C=O) groups excluding carboxylic acids is 1. The first kappa shape index (κ1) is 14.5. The lowest BCUT2D eigenvalue weighted by molar-refractivity contribution is 0.1000. The minimum atomic E-state index is 0.0130. The molecule has 4 rings (SSSR count). The van der Waals surface area contributed by atoms with Crippen molar-refractivity contribution in [2.45, 2.75) is 6.42 Å². The molecule has 0 radical (unpaired) electrons. The summed E-state index contributed by atoms with van der Waals surface area (Å²) in [5.41, 5.74) is 12.3. The molecule has 24 heavy (non-hydrogen) atoms. The second-order valence-electron chi connectivity index (χ2n) is 5.77. The smallest absolute Gasteiger partial charge is 0.192 e. The number of rotatable bonds is 2. The normalized spacial score (nSPS) is 15.2. The van der Waals surface area contributed by atoms with E-state index in [9.17, 15) is 4.79 Å². The van der Waals surface area contributed by atoms with Crippen molar-refractivity contribution in [1.82, 2.24) is 4.98 Å². The molecule has 2 N–H and O–H groups in total. The van der Waals surface area contributed by atoms with Gasteiger partial charge in [-0.05, 0) is 23.6 Å². The first-order valence-corrected chi connectivity index (χ1v) is 7.69. The van der Waals surface area contributed by atoms with Crippen molar-refractivity contribution in [2.24, 2.45) is 10.7 Å². The van der Waals surface area contributed by atoms with Crippen LogP contribution in [0.5, 0.6) is 0 Å². The van der Waals surface area contributed by atoms with Crippen LogP contribution in [-0.2, 0) is 6.42 Å². The molecule has 5 nitrogen and oxygen atoms in total. The maximum atomic E-state index is 12.0. The number of Topliss-reactive ketones (excluding diaryl/α,β-unsaturated/α-hetero) is 1. The molecule has 0 spiro atoms. The molecular formula is C19H14N4O. The second kappa shape index (κ2) is 5.52. The molecular weight excluding hydrogens is 300 g/mol. The van der Waals surface area contributed by atoms with E-state index in [-0.39, 0.29) is 12.3 Å². The summed E-state index contributed by atoms with van der Waals surface area (Å²) in [4.78, 5) is 24.3. The van der Waals surface area contributed by atoms with E-state index in [4.69, 9.17) is 12.3 Å². The van der Waals surface area contributed by atoms with Crippen LogP contribution in [-0.4, -0.2) is 29.6 Å². The van der Waals surface area contributed by atoms with Crippen LogP contribution >= 0.6 is 0 Å². The molecule has 0 bridgehead atoms. The van der Waals surface area contributed by atoms with E-state index < -0.39 is 0 Å². The lowest BCUT2D eigenvalue weighted by Crippen LogP contribution is -2.24. The van der Waals surface area contributed by atoms with E-state index in [2.05, 4.69) is 14.8 Å². The van der Waals surface area contributed by atoms with Gasteiger partial charge in [-0.2, -0.15) is 0 Å². The topological polar surface area (TPSA) is 72.7 Å². The Labute approximate surface area is 139 Å². The zero-order valence-corrected chi connectivity index (χ0v) is 12.9. The summed E-state index contributed by atoms with van der Waals surface area (Å²) in [6, 6.07) is 7.68. The fourth-order valence-corrected chi connectivity index (χ4v) is 3.16. The maximum absolute atomic E-state index is 12.0. The molecule has 0 saturated carbocycles. The van der Waals surface area contributed by atoms with Gasteiger partial charge >= 0.3 is 0 Å². The largest absolute Gasteiger partial charge is 0.325 e. The van der Waals surface area contributed by atoms with Crippen molar-refractivity contribution in [2.75, 3.05) is 13.1 Å². The molecule has 2 heterocycles. The predicted octanol–water partition coefficient (Wildman–Crippen LogP) is 2.51. The Balaban J connectivity index is 1.83. The number of aromatic nitrogens is 1. The van der Waals surface area contributed by atoms with Gasteiger partial charge in [0, 0.05) is 35.1 Å². The van der Waals surface area contributed by atoms with Crippen molar-refractivity contribution < 1.29 is 4.79 Å². The van der Waals surface area contributed by atoms with Gasteiger partial charge in [-0.3, -0.25) is 14.8 Å². The fourth-order valence-electron chi connectivity index (χ4n) is 3.16. The minimum absolute atomic E-state index is 0.0130. The molecule has 1 aliphatic heterocycles. The van der Waals surface area contributed by atoms with Gasteiger partial charge in [0.1, 0.15) is 6.54 Å². The average molecular weight is 314 g/mol. The van der Waals surface area contributed by atoms with Crippen LogP contribution in [0.1, 0.15) is 27.2 Å². The summed E-state index contributed by atoms with van der Waals surface area (Å²) in [5.74, 6) is 0.0130. The number of fused-ring (bicyclic) bond motifs is 2. The molecule has 1 aromatic heterocycles. The Hall–Kier alpha value is -3.10. The van der Waals surface area contributed by atoms with E-state index in [0.29, 0.717) is 24.2 Å². The van der Waals surface area contributed by atoms with E-state index >= 15 is 0 Å². The first-order valence-electron chi connectivity index (χ1n) is 7.69. The fraction of sp³-hybridized carbons (Fsp3) is 0.158. The summed E-state index contributed by atoms with van der Waals surface area (Å²) >= 11 is 0. The minimum Gasteiger partial charge on any atom is -0.325 e. The Bertz CT molecular complexity index is 979. The average Bonchev–Trinajstić information content (AvgIpc) is 3.04. The summed E-state index contributed by atoms with van der Waals surface area (Å²) in [6.45, 7) is 7.73. The molecule has 0 unspecified atom stereocenters. The number of pyridine rings is 1. The summed E-state index contributed by atoms with van der Waals surface area (Å²) < 4.78 is 0. The molecule has 2 aliphatic rings. The second-order valence-corrected chi connectivity index (χ2v) is 5.77. The number of nitrogens with zero attached hydrogens (tertiary/aromatic N) is 3. The van der Waals surface area contributed by atoms with Gasteiger partial charge in [0.25, 0.3) is 0 Å². The molecule has 1 aliphatic carbocycles. The molecule has 0 saturated heterocycles. The van der Waals surface area contributed by atoms with Crippen LogP contribution in [0.25, 0.3) is 21.7 Å². The Kier molecular flexibility index (Phi) is 3.33. The molecule has 2 aromatic rings. The maximum Gasteiger partial charge on any atom is 0.192 e. The number of aliphatic imine (C=N–C) groups is 1. The highest BCUT2D eigenvalue weighted by molar-refractivity contribution is 6.16. The number of hydrogen-bond donors (Lipinski definition) is 1. The zero-order chi connectivity index (χ0) is 16.7. The number of allylic oxidation sites excluding steroid dienone is 1. The monoisotopic (exact) mass is 314 g/mol. The van der Waals surface area contributed by atoms with Crippen LogP contribution in [0.3, 0.4) is 0 Å². The van der Waals surface area contributed by atoms with E-state index in [1.807, 2.05) is 36.5 Å². The summed E-state index contributed by atoms with van der Waals surface area (Å²) in [7, 11) is 0. The Morgan fingerprint density at radius 2 is 2.00 bits per heavy atom. The van der Waals surface area contributed by atoms with Gasteiger partial charge in [0.05, 0.1) is 12.3 Å². The van der Waals surface area contributed by atoms with E-state index in [0.717, 1.165) is 33.7 Å². The van der Waals surface area contributed by atoms with Crippen molar-refractivity contribution in [1.29, 1.82) is 0 Å².